The molecule has 1 aliphatic carbocycles. The molecule has 1 fully saturated rings. The fraction of sp³-hybridized carbons (Fsp3) is 0.391. The summed E-state index contributed by atoms with van der Waals surface area (Å²) in [6, 6.07) is 6.98. The van der Waals surface area contributed by atoms with Crippen LogP contribution in [0.3, 0.4) is 0 Å². The summed E-state index contributed by atoms with van der Waals surface area (Å²) in [5.74, 6) is -0.869. The van der Waals surface area contributed by atoms with Crippen molar-refractivity contribution in [2.45, 2.75) is 12.0 Å². The van der Waals surface area contributed by atoms with Gasteiger partial charge in [-0.15, -0.1) is 0 Å². The predicted octanol–water partition coefficient (Wildman–Crippen LogP) is 3.09. The number of ether oxygens (including phenoxy) is 6. The molecule has 0 saturated carbocycles. The van der Waals surface area contributed by atoms with E-state index in [1.165, 1.54) is 14.2 Å². The van der Waals surface area contributed by atoms with E-state index in [4.69, 9.17) is 28.4 Å². The van der Waals surface area contributed by atoms with Gasteiger partial charge in [0.25, 0.3) is 0 Å². The Balaban J connectivity index is 1.74. The summed E-state index contributed by atoms with van der Waals surface area (Å²) >= 11 is 1.95. The number of fused-ring (bicyclic) bond motifs is 3. The number of aromatic hydroxyl groups is 1. The Bertz CT molecular complexity index is 1110. The second kappa shape index (κ2) is 8.47. The number of carbonyl (C=O) groups excluding carboxylic acids is 2. The molecule has 2 unspecified atom stereocenters. The molecule has 0 bridgehead atoms. The van der Waals surface area contributed by atoms with Crippen LogP contribution in [0.1, 0.15) is 28.7 Å². The molecule has 0 amide bonds. The lowest BCUT2D eigenvalue weighted by Crippen LogP contribution is -2.36. The van der Waals surface area contributed by atoms with Crippen LogP contribution in [0.25, 0.3) is 0 Å². The van der Waals surface area contributed by atoms with Crippen molar-refractivity contribution in [3.05, 3.63) is 41.0 Å². The number of alkyl halides is 1. The zero-order chi connectivity index (χ0) is 23.3. The molecule has 2 aromatic rings. The van der Waals surface area contributed by atoms with Gasteiger partial charge in [0.05, 0.1) is 31.2 Å². The monoisotopic (exact) mass is 568 g/mol. The van der Waals surface area contributed by atoms with E-state index in [2.05, 4.69) is 0 Å². The maximum atomic E-state index is 13.0. The molecule has 5 rings (SSSR count). The molecule has 0 radical (unpaired) electrons. The number of phenols is 1. The molecular weight excluding hydrogens is 547 g/mol. The highest BCUT2D eigenvalue weighted by atomic mass is 127. The summed E-state index contributed by atoms with van der Waals surface area (Å²) in [6.07, 6.45) is -0.676. The van der Waals surface area contributed by atoms with E-state index in [0.29, 0.717) is 17.1 Å². The van der Waals surface area contributed by atoms with Crippen LogP contribution in [0, 0.1) is 11.8 Å². The van der Waals surface area contributed by atoms with Crippen LogP contribution in [0.2, 0.25) is 0 Å². The van der Waals surface area contributed by atoms with Gasteiger partial charge in [0.1, 0.15) is 6.10 Å². The largest absolute Gasteiger partial charge is 0.502 e. The Morgan fingerprint density at radius 1 is 1.06 bits per heavy atom. The molecule has 0 spiro atoms. The first-order valence-corrected chi connectivity index (χ1v) is 11.8. The lowest BCUT2D eigenvalue weighted by atomic mass is 9.66. The first kappa shape index (κ1) is 21.9. The van der Waals surface area contributed by atoms with Crippen LogP contribution >= 0.6 is 22.6 Å². The highest BCUT2D eigenvalue weighted by molar-refractivity contribution is 14.1. The number of cyclic esters (lactones) is 1. The summed E-state index contributed by atoms with van der Waals surface area (Å²) in [4.78, 5) is 25.3. The highest BCUT2D eigenvalue weighted by Gasteiger charge is 2.54. The number of esters is 2. The Morgan fingerprint density at radius 2 is 1.70 bits per heavy atom. The second-order valence-corrected chi connectivity index (χ2v) is 8.71. The number of phenolic OH excluding ortho intramolecular Hbond substituents is 1. The third-order valence-corrected chi connectivity index (χ3v) is 6.97. The van der Waals surface area contributed by atoms with Gasteiger partial charge in [-0.1, -0.05) is 22.6 Å². The maximum absolute atomic E-state index is 13.0. The number of halogens is 1. The molecule has 4 atom stereocenters. The number of methoxy groups -OCH3 is 2. The quantitative estimate of drug-likeness (QED) is 0.331. The fourth-order valence-electron chi connectivity index (χ4n) is 4.93. The van der Waals surface area contributed by atoms with Gasteiger partial charge in [-0.25, -0.2) is 0 Å². The number of hydrogen-bond acceptors (Lipinski definition) is 9. The van der Waals surface area contributed by atoms with Crippen molar-refractivity contribution in [2.24, 2.45) is 11.8 Å². The van der Waals surface area contributed by atoms with Gasteiger partial charge in [-0.3, -0.25) is 9.59 Å². The molecule has 33 heavy (non-hydrogen) atoms. The van der Waals surface area contributed by atoms with E-state index < -0.39 is 23.9 Å². The Labute approximate surface area is 203 Å². The van der Waals surface area contributed by atoms with Crippen LogP contribution < -0.4 is 18.9 Å². The summed E-state index contributed by atoms with van der Waals surface area (Å²) in [5, 5.41) is 10.4. The van der Waals surface area contributed by atoms with Gasteiger partial charge in [0, 0.05) is 17.4 Å². The molecule has 10 heteroatoms. The minimum absolute atomic E-state index is 0.0802. The van der Waals surface area contributed by atoms with Crippen molar-refractivity contribution in [3.63, 3.8) is 0 Å². The van der Waals surface area contributed by atoms with E-state index in [9.17, 15) is 14.7 Å². The molecule has 3 aliphatic rings. The van der Waals surface area contributed by atoms with E-state index in [-0.39, 0.29) is 47.0 Å². The van der Waals surface area contributed by atoms with Crippen LogP contribution in [-0.2, 0) is 19.1 Å². The first-order chi connectivity index (χ1) is 16.0. The summed E-state index contributed by atoms with van der Waals surface area (Å²) in [7, 11) is 2.88. The summed E-state index contributed by atoms with van der Waals surface area (Å²) in [5.41, 5.74) is 2.17. The molecule has 0 aromatic heterocycles. The fourth-order valence-corrected chi connectivity index (χ4v) is 5.11. The number of carbonyl (C=O) groups is 2. The zero-order valence-electron chi connectivity index (χ0n) is 17.8. The van der Waals surface area contributed by atoms with Crippen molar-refractivity contribution in [1.29, 1.82) is 0 Å². The second-order valence-electron chi connectivity index (χ2n) is 7.95. The van der Waals surface area contributed by atoms with Gasteiger partial charge in [-0.2, -0.15) is 0 Å². The zero-order valence-corrected chi connectivity index (χ0v) is 20.0. The number of benzene rings is 2. The van der Waals surface area contributed by atoms with Crippen molar-refractivity contribution in [3.8, 4) is 28.7 Å². The topological polar surface area (TPSA) is 110 Å². The Kier molecular flexibility index (Phi) is 5.63. The minimum Gasteiger partial charge on any atom is -0.502 e. The van der Waals surface area contributed by atoms with Crippen LogP contribution in [-0.4, -0.2) is 49.1 Å². The van der Waals surface area contributed by atoms with Gasteiger partial charge in [0.2, 0.25) is 12.5 Å². The summed E-state index contributed by atoms with van der Waals surface area (Å²) in [6.45, 7) is 0.205. The smallest absolute Gasteiger partial charge is 0.316 e. The minimum atomic E-state index is -0.676. The SMILES string of the molecule is COc1cc([C@@H]2c3cc4c(cc3C(OC(=O)CI)C3COC(=O)[C@@H]32)OCO4)cc(OC)c1O. The third kappa shape index (κ3) is 3.51. The molecule has 2 heterocycles. The summed E-state index contributed by atoms with van der Waals surface area (Å²) < 4.78 is 33.3. The number of hydrogen-bond donors (Lipinski definition) is 1. The van der Waals surface area contributed by atoms with Crippen LogP contribution in [0.4, 0.5) is 0 Å². The van der Waals surface area contributed by atoms with Crippen molar-refractivity contribution >= 4 is 34.5 Å². The van der Waals surface area contributed by atoms with E-state index in [1.807, 2.05) is 34.7 Å². The molecule has 9 nitrogen and oxygen atoms in total. The van der Waals surface area contributed by atoms with E-state index in [1.54, 1.807) is 12.1 Å². The Hall–Kier alpha value is -2.89. The number of rotatable bonds is 5. The lowest BCUT2D eigenvalue weighted by molar-refractivity contribution is -0.151. The first-order valence-electron chi connectivity index (χ1n) is 10.3. The average Bonchev–Trinajstić information content (AvgIpc) is 3.44. The molecular formula is C23H21IO9. The predicted molar refractivity (Wildman–Crippen MR) is 121 cm³/mol. The lowest BCUT2D eigenvalue weighted by Gasteiger charge is -2.38. The Morgan fingerprint density at radius 3 is 2.30 bits per heavy atom. The van der Waals surface area contributed by atoms with E-state index >= 15 is 0 Å². The van der Waals surface area contributed by atoms with Crippen LogP contribution in [0.5, 0.6) is 28.7 Å². The van der Waals surface area contributed by atoms with E-state index in [0.717, 1.165) is 11.1 Å². The van der Waals surface area contributed by atoms with Crippen molar-refractivity contribution < 1.29 is 43.1 Å². The van der Waals surface area contributed by atoms with Crippen molar-refractivity contribution in [2.75, 3.05) is 32.0 Å². The van der Waals surface area contributed by atoms with Gasteiger partial charge in [0.15, 0.2) is 23.0 Å². The molecule has 1 N–H and O–H groups in total. The molecule has 2 aliphatic heterocycles. The van der Waals surface area contributed by atoms with Crippen LogP contribution in [0.15, 0.2) is 24.3 Å². The third-order valence-electron chi connectivity index (χ3n) is 6.35. The van der Waals surface area contributed by atoms with Gasteiger partial charge >= 0.3 is 11.9 Å². The molecule has 174 valence electrons. The van der Waals surface area contributed by atoms with Gasteiger partial charge in [-0.05, 0) is 35.4 Å². The van der Waals surface area contributed by atoms with Gasteiger partial charge < -0.3 is 33.5 Å². The molecule has 2 aromatic carbocycles. The maximum Gasteiger partial charge on any atom is 0.316 e. The normalized spacial score (nSPS) is 24.5. The standard InChI is InChI=1S/C23H21IO9/c1-28-16-3-10(4-17(29-2)21(16)26)19-11-5-14-15(32-9-31-14)6-12(11)22(33-18(25)7-24)13-8-30-23(27)20(13)19/h3-6,13,19-20,22,26H,7-9H2,1-2H3/t13?,19-,20+,22?/m1/s1. The molecule has 1 saturated heterocycles. The van der Waals surface area contributed by atoms with Crippen molar-refractivity contribution in [1.82, 2.24) is 0 Å². The average molecular weight is 568 g/mol. The highest BCUT2D eigenvalue weighted by Crippen LogP contribution is 2.56.